The van der Waals surface area contributed by atoms with Gasteiger partial charge >= 0.3 is 5.97 Å². The average Bonchev–Trinajstić information content (AvgIpc) is 2.78. The maximum Gasteiger partial charge on any atom is 0.323 e. The van der Waals surface area contributed by atoms with Crippen molar-refractivity contribution in [2.75, 3.05) is 19.7 Å². The minimum atomic E-state index is 0.0181. The van der Waals surface area contributed by atoms with Crippen LogP contribution >= 0.6 is 0 Å². The van der Waals surface area contributed by atoms with E-state index in [0.717, 1.165) is 19.5 Å². The molecule has 2 heterocycles. The van der Waals surface area contributed by atoms with E-state index in [1.165, 1.54) is 44.9 Å². The van der Waals surface area contributed by atoms with E-state index in [0.29, 0.717) is 12.0 Å². The topological polar surface area (TPSA) is 29.5 Å². The molecule has 0 radical (unpaired) electrons. The second-order valence-corrected chi connectivity index (χ2v) is 6.07. The van der Waals surface area contributed by atoms with E-state index < -0.39 is 0 Å². The third kappa shape index (κ3) is 2.22. The predicted molar refractivity (Wildman–Crippen MR) is 65.7 cm³/mol. The number of ether oxygens (including phenoxy) is 1. The summed E-state index contributed by atoms with van der Waals surface area (Å²) in [6.45, 7) is 2.85. The number of nitrogens with zero attached hydrogens (tertiary/aromatic N) is 1. The minimum Gasteiger partial charge on any atom is -0.464 e. The Morgan fingerprint density at radius 1 is 1.06 bits per heavy atom. The Balaban J connectivity index is 1.58. The molecule has 3 nitrogen and oxygen atoms in total. The van der Waals surface area contributed by atoms with Gasteiger partial charge in [-0.05, 0) is 44.2 Å². The number of hydrogen-bond donors (Lipinski definition) is 0. The van der Waals surface area contributed by atoms with Crippen molar-refractivity contribution in [1.29, 1.82) is 0 Å². The van der Waals surface area contributed by atoms with Gasteiger partial charge in [-0.15, -0.1) is 0 Å². The van der Waals surface area contributed by atoms with Gasteiger partial charge in [0.25, 0.3) is 0 Å². The van der Waals surface area contributed by atoms with E-state index in [4.69, 9.17) is 4.74 Å². The van der Waals surface area contributed by atoms with Crippen LogP contribution in [-0.2, 0) is 9.53 Å². The summed E-state index contributed by atoms with van der Waals surface area (Å²) in [5.74, 6) is 0.0181. The normalized spacial score (nSPS) is 33.9. The maximum atomic E-state index is 11.6. The second kappa shape index (κ2) is 4.60. The average molecular weight is 237 g/mol. The van der Waals surface area contributed by atoms with Crippen LogP contribution in [0.4, 0.5) is 0 Å². The first-order chi connectivity index (χ1) is 8.29. The highest BCUT2D eigenvalue weighted by atomic mass is 16.5. The molecule has 0 amide bonds. The molecule has 2 saturated heterocycles. The van der Waals surface area contributed by atoms with Gasteiger partial charge in [-0.25, -0.2) is 0 Å². The smallest absolute Gasteiger partial charge is 0.323 e. The minimum absolute atomic E-state index is 0.0181. The summed E-state index contributed by atoms with van der Waals surface area (Å²) < 4.78 is 5.08. The lowest BCUT2D eigenvalue weighted by Crippen LogP contribution is -2.47. The quantitative estimate of drug-likeness (QED) is 0.656. The number of likely N-dealkylation sites (tertiary alicyclic amines) is 1. The fraction of sp³-hybridized carbons (Fsp3) is 0.929. The first-order valence-corrected chi connectivity index (χ1v) is 7.20. The summed E-state index contributed by atoms with van der Waals surface area (Å²) in [6, 6.07) is 0.0796. The van der Waals surface area contributed by atoms with Gasteiger partial charge in [0.15, 0.2) is 0 Å². The molecule has 0 bridgehead atoms. The van der Waals surface area contributed by atoms with Crippen molar-refractivity contribution in [3.8, 4) is 0 Å². The highest BCUT2D eigenvalue weighted by molar-refractivity contribution is 5.77. The largest absolute Gasteiger partial charge is 0.464 e. The van der Waals surface area contributed by atoms with Gasteiger partial charge in [0.1, 0.15) is 6.04 Å². The zero-order chi connectivity index (χ0) is 11.7. The molecule has 1 atom stereocenters. The summed E-state index contributed by atoms with van der Waals surface area (Å²) in [5, 5.41) is 0. The van der Waals surface area contributed by atoms with E-state index >= 15 is 0 Å². The van der Waals surface area contributed by atoms with Crippen molar-refractivity contribution in [3.63, 3.8) is 0 Å². The molecule has 1 saturated carbocycles. The number of hydrogen-bond acceptors (Lipinski definition) is 3. The molecule has 1 unspecified atom stereocenters. The van der Waals surface area contributed by atoms with Crippen molar-refractivity contribution in [1.82, 2.24) is 4.90 Å². The Morgan fingerprint density at radius 2 is 1.76 bits per heavy atom. The van der Waals surface area contributed by atoms with Crippen LogP contribution in [0.1, 0.15) is 51.4 Å². The van der Waals surface area contributed by atoms with E-state index in [-0.39, 0.29) is 12.0 Å². The van der Waals surface area contributed by atoms with Crippen LogP contribution in [0.3, 0.4) is 0 Å². The first-order valence-electron chi connectivity index (χ1n) is 7.20. The van der Waals surface area contributed by atoms with Crippen LogP contribution in [0.2, 0.25) is 0 Å². The number of piperidine rings is 1. The number of carbonyl (C=O) groups is 1. The van der Waals surface area contributed by atoms with Gasteiger partial charge in [-0.2, -0.15) is 0 Å². The van der Waals surface area contributed by atoms with Crippen LogP contribution in [0.25, 0.3) is 0 Å². The number of cyclic esters (lactones) is 1. The standard InChI is InChI=1S/C14H23NO2/c16-13-12(4-11-17-13)15-9-7-14(8-10-15)5-2-1-3-6-14/h12H,1-11H2. The van der Waals surface area contributed by atoms with Crippen LogP contribution in [0.5, 0.6) is 0 Å². The number of carbonyl (C=O) groups excluding carboxylic acids is 1. The summed E-state index contributed by atoms with van der Waals surface area (Å²) >= 11 is 0. The van der Waals surface area contributed by atoms with E-state index in [2.05, 4.69) is 4.90 Å². The molecule has 96 valence electrons. The maximum absolute atomic E-state index is 11.6. The van der Waals surface area contributed by atoms with E-state index in [1.807, 2.05) is 0 Å². The van der Waals surface area contributed by atoms with Crippen LogP contribution in [0, 0.1) is 5.41 Å². The van der Waals surface area contributed by atoms with Gasteiger partial charge in [-0.1, -0.05) is 19.3 Å². The summed E-state index contributed by atoms with van der Waals surface area (Å²) in [4.78, 5) is 13.9. The van der Waals surface area contributed by atoms with Crippen LogP contribution < -0.4 is 0 Å². The molecule has 3 fully saturated rings. The third-order valence-electron chi connectivity index (χ3n) is 5.12. The summed E-state index contributed by atoms with van der Waals surface area (Å²) in [6.07, 6.45) is 10.6. The molecule has 1 spiro atoms. The molecule has 0 aromatic rings. The first kappa shape index (κ1) is 11.5. The van der Waals surface area contributed by atoms with Gasteiger partial charge in [0.2, 0.25) is 0 Å². The summed E-state index contributed by atoms with van der Waals surface area (Å²) in [7, 11) is 0. The lowest BCUT2D eigenvalue weighted by atomic mass is 9.68. The van der Waals surface area contributed by atoms with Crippen LogP contribution in [0.15, 0.2) is 0 Å². The Kier molecular flexibility index (Phi) is 3.12. The van der Waals surface area contributed by atoms with Crippen molar-refractivity contribution in [3.05, 3.63) is 0 Å². The monoisotopic (exact) mass is 237 g/mol. The second-order valence-electron chi connectivity index (χ2n) is 6.07. The zero-order valence-electron chi connectivity index (χ0n) is 10.6. The van der Waals surface area contributed by atoms with E-state index in [9.17, 15) is 4.79 Å². The Labute approximate surface area is 104 Å². The zero-order valence-corrected chi connectivity index (χ0v) is 10.6. The highest BCUT2D eigenvalue weighted by Gasteiger charge is 2.40. The molecule has 17 heavy (non-hydrogen) atoms. The molecule has 3 heteroatoms. The fourth-order valence-electron chi connectivity index (χ4n) is 3.93. The summed E-state index contributed by atoms with van der Waals surface area (Å²) in [5.41, 5.74) is 0.636. The Morgan fingerprint density at radius 3 is 2.35 bits per heavy atom. The fourth-order valence-corrected chi connectivity index (χ4v) is 3.93. The predicted octanol–water partition coefficient (Wildman–Crippen LogP) is 2.35. The lowest BCUT2D eigenvalue weighted by molar-refractivity contribution is -0.143. The lowest BCUT2D eigenvalue weighted by Gasteiger charge is -2.45. The Bertz CT molecular complexity index is 287. The van der Waals surface area contributed by atoms with Crippen molar-refractivity contribution in [2.24, 2.45) is 5.41 Å². The van der Waals surface area contributed by atoms with Gasteiger partial charge in [0, 0.05) is 6.42 Å². The molecule has 0 N–H and O–H groups in total. The molecule has 2 aliphatic heterocycles. The molecule has 0 aromatic carbocycles. The van der Waals surface area contributed by atoms with Crippen molar-refractivity contribution < 1.29 is 9.53 Å². The Hall–Kier alpha value is -0.570. The SMILES string of the molecule is O=C1OCCC1N1CCC2(CCCCC2)CC1. The van der Waals surface area contributed by atoms with Gasteiger partial charge < -0.3 is 4.74 Å². The number of rotatable bonds is 1. The molecule has 3 aliphatic rings. The van der Waals surface area contributed by atoms with Gasteiger partial charge in [0.05, 0.1) is 6.61 Å². The van der Waals surface area contributed by atoms with Crippen molar-refractivity contribution >= 4 is 5.97 Å². The highest BCUT2D eigenvalue weighted by Crippen LogP contribution is 2.45. The molecular weight excluding hydrogens is 214 g/mol. The van der Waals surface area contributed by atoms with Crippen molar-refractivity contribution in [2.45, 2.75) is 57.4 Å². The van der Waals surface area contributed by atoms with Gasteiger partial charge in [-0.3, -0.25) is 9.69 Å². The van der Waals surface area contributed by atoms with E-state index in [1.54, 1.807) is 0 Å². The third-order valence-corrected chi connectivity index (χ3v) is 5.12. The molecular formula is C14H23NO2. The molecule has 3 rings (SSSR count). The number of esters is 1. The molecule has 1 aliphatic carbocycles. The van der Waals surface area contributed by atoms with Crippen LogP contribution in [-0.4, -0.2) is 36.6 Å². The molecule has 0 aromatic heterocycles.